The normalized spacial score (nSPS) is 13.2. The number of hydrogen-bond donors (Lipinski definition) is 2. The highest BCUT2D eigenvalue weighted by Gasteiger charge is 2.26. The van der Waals surface area contributed by atoms with E-state index in [-0.39, 0.29) is 18.4 Å². The quantitative estimate of drug-likeness (QED) is 0.0980. The highest BCUT2D eigenvalue weighted by molar-refractivity contribution is 7.86. The van der Waals surface area contributed by atoms with Crippen LogP contribution in [-0.2, 0) is 24.4 Å². The van der Waals surface area contributed by atoms with E-state index in [2.05, 4.69) is 6.92 Å². The van der Waals surface area contributed by atoms with Gasteiger partial charge in [-0.3, -0.25) is 4.55 Å². The van der Waals surface area contributed by atoms with Crippen LogP contribution in [-0.4, -0.2) is 35.5 Å². The van der Waals surface area contributed by atoms with Crippen LogP contribution >= 0.6 is 0 Å². The van der Waals surface area contributed by atoms with Crippen LogP contribution in [0.4, 0.5) is 0 Å². The van der Waals surface area contributed by atoms with Crippen LogP contribution in [0.5, 0.6) is 0 Å². The van der Waals surface area contributed by atoms with Gasteiger partial charge >= 0.3 is 22.1 Å². The number of esters is 1. The number of hydrogen-bond acceptors (Lipinski definition) is 5. The van der Waals surface area contributed by atoms with Crippen molar-refractivity contribution in [3.8, 4) is 0 Å². The lowest BCUT2D eigenvalue weighted by Crippen LogP contribution is -2.27. The number of carbonyl (C=O) groups is 2. The molecule has 0 bridgehead atoms. The van der Waals surface area contributed by atoms with Gasteiger partial charge in [-0.25, -0.2) is 9.59 Å². The molecule has 0 aliphatic carbocycles. The van der Waals surface area contributed by atoms with Gasteiger partial charge in [0.15, 0.2) is 0 Å². The first kappa shape index (κ1) is 29.6. The molecule has 31 heavy (non-hydrogen) atoms. The molecular weight excluding hydrogens is 420 g/mol. The summed E-state index contributed by atoms with van der Waals surface area (Å²) in [4.78, 5) is 23.1. The Labute approximate surface area is 188 Å². The molecule has 0 rings (SSSR count). The molecule has 0 spiro atoms. The highest BCUT2D eigenvalue weighted by atomic mass is 32.2. The van der Waals surface area contributed by atoms with Crippen molar-refractivity contribution in [3.63, 3.8) is 0 Å². The number of aliphatic carboxylic acids is 1. The van der Waals surface area contributed by atoms with Gasteiger partial charge in [-0.2, -0.15) is 8.42 Å². The van der Waals surface area contributed by atoms with Crippen molar-refractivity contribution in [1.29, 1.82) is 0 Å². The molecule has 0 aliphatic rings. The molecule has 0 aromatic carbocycles. The maximum atomic E-state index is 12.1. The standard InChI is InChI=1S/C23H42O7S/c1-3-5-6-7-8-9-10-11-12-13-14-15-16-17-18-20(19-21(24)25)23(26)30-22(4-2)31(27,28)29/h19,22H,3-18H2,1-2H3,(H,24,25)(H,27,28,29). The molecule has 0 heterocycles. The van der Waals surface area contributed by atoms with Gasteiger partial charge in [-0.05, 0) is 19.3 Å². The van der Waals surface area contributed by atoms with E-state index in [0.29, 0.717) is 6.42 Å². The number of carboxylic acid groups (broad SMARTS) is 1. The van der Waals surface area contributed by atoms with Gasteiger partial charge in [0, 0.05) is 11.6 Å². The van der Waals surface area contributed by atoms with Gasteiger partial charge in [0.2, 0.25) is 5.44 Å². The Balaban J connectivity index is 4.01. The first-order valence-corrected chi connectivity index (χ1v) is 13.3. The van der Waals surface area contributed by atoms with Crippen LogP contribution in [0.2, 0.25) is 0 Å². The summed E-state index contributed by atoms with van der Waals surface area (Å²) in [7, 11) is -4.54. The Morgan fingerprint density at radius 3 is 1.58 bits per heavy atom. The minimum absolute atomic E-state index is 0.0893. The Hall–Kier alpha value is -1.41. The third kappa shape index (κ3) is 16.9. The van der Waals surface area contributed by atoms with Gasteiger partial charge in [-0.1, -0.05) is 97.3 Å². The average Bonchev–Trinajstić information content (AvgIpc) is 2.69. The van der Waals surface area contributed by atoms with Crippen LogP contribution in [0.1, 0.15) is 117 Å². The second kappa shape index (κ2) is 18.2. The predicted molar refractivity (Wildman–Crippen MR) is 122 cm³/mol. The van der Waals surface area contributed by atoms with Crippen molar-refractivity contribution in [2.75, 3.05) is 0 Å². The zero-order valence-electron chi connectivity index (χ0n) is 19.3. The van der Waals surface area contributed by atoms with Crippen LogP contribution in [0.15, 0.2) is 11.6 Å². The maximum Gasteiger partial charge on any atom is 0.335 e. The van der Waals surface area contributed by atoms with E-state index < -0.39 is 27.5 Å². The van der Waals surface area contributed by atoms with Gasteiger partial charge in [0.25, 0.3) is 0 Å². The minimum Gasteiger partial charge on any atom is -0.478 e. The Morgan fingerprint density at radius 1 is 0.806 bits per heavy atom. The van der Waals surface area contributed by atoms with E-state index >= 15 is 0 Å². The lowest BCUT2D eigenvalue weighted by Gasteiger charge is -2.14. The molecule has 0 aliphatic heterocycles. The third-order valence-corrected chi connectivity index (χ3v) is 6.36. The van der Waals surface area contributed by atoms with Crippen LogP contribution in [0.25, 0.3) is 0 Å². The predicted octanol–water partition coefficient (Wildman–Crippen LogP) is 6.04. The van der Waals surface area contributed by atoms with E-state index in [1.165, 1.54) is 71.1 Å². The van der Waals surface area contributed by atoms with E-state index in [4.69, 9.17) is 14.4 Å². The minimum atomic E-state index is -4.54. The summed E-state index contributed by atoms with van der Waals surface area (Å²) in [5.74, 6) is -2.31. The number of carboxylic acids is 1. The average molecular weight is 463 g/mol. The van der Waals surface area contributed by atoms with Gasteiger partial charge in [0.1, 0.15) is 0 Å². The van der Waals surface area contributed by atoms with E-state index in [1.54, 1.807) is 0 Å². The second-order valence-electron chi connectivity index (χ2n) is 8.11. The SMILES string of the molecule is CCCCCCCCCCCCCCCCC(=CC(=O)O)C(=O)OC(CC)S(=O)(=O)O. The smallest absolute Gasteiger partial charge is 0.335 e. The first-order chi connectivity index (χ1) is 14.7. The Morgan fingerprint density at radius 2 is 1.23 bits per heavy atom. The first-order valence-electron chi connectivity index (χ1n) is 11.8. The maximum absolute atomic E-state index is 12.1. The molecule has 182 valence electrons. The molecule has 1 unspecified atom stereocenters. The molecule has 0 aromatic heterocycles. The summed E-state index contributed by atoms with van der Waals surface area (Å²) in [6.07, 6.45) is 17.4. The Kier molecular flexibility index (Phi) is 17.4. The molecule has 0 radical (unpaired) electrons. The third-order valence-electron chi connectivity index (χ3n) is 5.26. The topological polar surface area (TPSA) is 118 Å². The molecule has 0 fully saturated rings. The van der Waals surface area contributed by atoms with E-state index in [1.807, 2.05) is 0 Å². The van der Waals surface area contributed by atoms with Crippen molar-refractivity contribution in [3.05, 3.63) is 11.6 Å². The zero-order valence-corrected chi connectivity index (χ0v) is 20.1. The fourth-order valence-electron chi connectivity index (χ4n) is 3.44. The highest BCUT2D eigenvalue weighted by Crippen LogP contribution is 2.17. The van der Waals surface area contributed by atoms with Gasteiger partial charge in [0.05, 0.1) is 0 Å². The molecule has 0 aromatic rings. The summed E-state index contributed by atoms with van der Waals surface area (Å²) in [6, 6.07) is 0. The van der Waals surface area contributed by atoms with Crippen molar-refractivity contribution < 1.29 is 32.4 Å². The van der Waals surface area contributed by atoms with Crippen molar-refractivity contribution >= 4 is 22.1 Å². The summed E-state index contributed by atoms with van der Waals surface area (Å²) in [5.41, 5.74) is -1.78. The van der Waals surface area contributed by atoms with Gasteiger partial charge in [-0.15, -0.1) is 0 Å². The monoisotopic (exact) mass is 462 g/mol. The van der Waals surface area contributed by atoms with Crippen LogP contribution in [0.3, 0.4) is 0 Å². The molecular formula is C23H42O7S. The number of rotatable bonds is 20. The largest absolute Gasteiger partial charge is 0.478 e. The summed E-state index contributed by atoms with van der Waals surface area (Å²) in [6.45, 7) is 3.68. The fraction of sp³-hybridized carbons (Fsp3) is 0.826. The number of ether oxygens (including phenoxy) is 1. The second-order valence-corrected chi connectivity index (χ2v) is 9.67. The number of unbranched alkanes of at least 4 members (excludes halogenated alkanes) is 13. The van der Waals surface area contributed by atoms with Crippen molar-refractivity contribution in [2.24, 2.45) is 0 Å². The van der Waals surface area contributed by atoms with Crippen LogP contribution in [0, 0.1) is 0 Å². The van der Waals surface area contributed by atoms with Crippen LogP contribution < -0.4 is 0 Å². The van der Waals surface area contributed by atoms with Gasteiger partial charge < -0.3 is 9.84 Å². The Bertz CT molecular complexity index is 626. The van der Waals surface area contributed by atoms with Crippen molar-refractivity contribution in [1.82, 2.24) is 0 Å². The zero-order chi connectivity index (χ0) is 23.5. The summed E-state index contributed by atoms with van der Waals surface area (Å²) in [5, 5.41) is 8.95. The number of carbonyl (C=O) groups excluding carboxylic acids is 1. The molecule has 7 nitrogen and oxygen atoms in total. The molecule has 0 saturated carbocycles. The molecule has 1 atom stereocenters. The lowest BCUT2D eigenvalue weighted by atomic mass is 10.0. The summed E-state index contributed by atoms with van der Waals surface area (Å²) >= 11 is 0. The lowest BCUT2D eigenvalue weighted by molar-refractivity contribution is -0.142. The summed E-state index contributed by atoms with van der Waals surface area (Å²) < 4.78 is 36.2. The molecule has 8 heteroatoms. The molecule has 2 N–H and O–H groups in total. The molecule has 0 amide bonds. The van der Waals surface area contributed by atoms with Crippen molar-refractivity contribution in [2.45, 2.75) is 122 Å². The fourth-order valence-corrected chi connectivity index (χ4v) is 4.07. The molecule has 0 saturated heterocycles. The van der Waals surface area contributed by atoms with E-state index in [0.717, 1.165) is 25.3 Å². The van der Waals surface area contributed by atoms with E-state index in [9.17, 15) is 18.0 Å².